The largest absolute Gasteiger partial charge is 0.379 e. The molecular weight excluding hydrogens is 321 g/mol. The van der Waals surface area contributed by atoms with Crippen LogP contribution in [0.2, 0.25) is 0 Å². The van der Waals surface area contributed by atoms with Crippen LogP contribution in [0.25, 0.3) is 0 Å². The predicted molar refractivity (Wildman–Crippen MR) is 81.6 cm³/mol. The fourth-order valence-electron chi connectivity index (χ4n) is 2.36. The number of nitrogens with one attached hydrogen (secondary N) is 1. The van der Waals surface area contributed by atoms with Crippen LogP contribution in [0, 0.1) is 5.82 Å². The van der Waals surface area contributed by atoms with Crippen molar-refractivity contribution < 1.29 is 18.7 Å². The quantitative estimate of drug-likeness (QED) is 0.900. The van der Waals surface area contributed by atoms with E-state index in [9.17, 15) is 9.18 Å². The van der Waals surface area contributed by atoms with Crippen LogP contribution in [0.15, 0.2) is 29.4 Å². The molecule has 0 aromatic carbocycles. The number of hydrogen-bond donors (Lipinski definition) is 1. The molecule has 0 bridgehead atoms. The molecule has 3 rings (SSSR count). The molecule has 2 aromatic rings. The fourth-order valence-corrected chi connectivity index (χ4v) is 2.90. The second-order valence-corrected chi connectivity index (χ2v) is 5.85. The molecule has 122 valence electrons. The maximum atomic E-state index is 13.6. The van der Waals surface area contributed by atoms with E-state index < -0.39 is 11.7 Å². The van der Waals surface area contributed by atoms with Gasteiger partial charge in [0, 0.05) is 18.2 Å². The smallest absolute Gasteiger partial charge is 0.254 e. The highest BCUT2D eigenvalue weighted by atomic mass is 32.1. The summed E-state index contributed by atoms with van der Waals surface area (Å²) in [5.41, 5.74) is 2.56. The van der Waals surface area contributed by atoms with Crippen molar-refractivity contribution >= 4 is 17.2 Å². The summed E-state index contributed by atoms with van der Waals surface area (Å²) < 4.78 is 24.9. The van der Waals surface area contributed by atoms with E-state index >= 15 is 0 Å². The summed E-state index contributed by atoms with van der Waals surface area (Å²) in [6, 6.07) is 1.02. The van der Waals surface area contributed by atoms with Gasteiger partial charge in [-0.05, 0) is 12.5 Å². The van der Waals surface area contributed by atoms with Gasteiger partial charge in [-0.2, -0.15) is 0 Å². The van der Waals surface area contributed by atoms with Crippen molar-refractivity contribution in [3.63, 3.8) is 0 Å². The Hall–Kier alpha value is -1.90. The Morgan fingerprint density at radius 1 is 1.57 bits per heavy atom. The third kappa shape index (κ3) is 4.10. The first kappa shape index (κ1) is 16.0. The molecule has 1 amide bonds. The number of carbonyl (C=O) groups excluding carboxylic acids is 1. The third-order valence-electron chi connectivity index (χ3n) is 3.56. The highest BCUT2D eigenvalue weighted by molar-refractivity contribution is 7.07. The van der Waals surface area contributed by atoms with E-state index in [1.54, 1.807) is 5.51 Å². The van der Waals surface area contributed by atoms with Crippen molar-refractivity contribution in [2.45, 2.75) is 25.2 Å². The van der Waals surface area contributed by atoms with Gasteiger partial charge in [0.05, 0.1) is 48.3 Å². The van der Waals surface area contributed by atoms with Crippen LogP contribution >= 0.6 is 11.3 Å². The predicted octanol–water partition coefficient (Wildman–Crippen LogP) is 1.78. The van der Waals surface area contributed by atoms with Crippen molar-refractivity contribution in [2.75, 3.05) is 13.2 Å². The molecular formula is C15H16FN3O3S. The summed E-state index contributed by atoms with van der Waals surface area (Å²) in [6.07, 6.45) is 2.86. The molecule has 8 heteroatoms. The number of ether oxygens (including phenoxy) is 2. The Kier molecular flexibility index (Phi) is 5.27. The van der Waals surface area contributed by atoms with Crippen LogP contribution in [0.1, 0.15) is 22.5 Å². The summed E-state index contributed by atoms with van der Waals surface area (Å²) in [6.45, 7) is 1.28. The average Bonchev–Trinajstić information content (AvgIpc) is 3.08. The molecule has 3 heterocycles. The van der Waals surface area contributed by atoms with Gasteiger partial charge in [-0.15, -0.1) is 11.3 Å². The van der Waals surface area contributed by atoms with Crippen LogP contribution in [0.3, 0.4) is 0 Å². The normalized spacial score (nSPS) is 21.1. The summed E-state index contributed by atoms with van der Waals surface area (Å²) in [5, 5.41) is 4.70. The summed E-state index contributed by atoms with van der Waals surface area (Å²) in [5.74, 6) is -1.15. The zero-order chi connectivity index (χ0) is 16.1. The number of amides is 1. The number of hydrogen-bond acceptors (Lipinski definition) is 6. The van der Waals surface area contributed by atoms with E-state index in [1.807, 2.05) is 5.38 Å². The molecule has 23 heavy (non-hydrogen) atoms. The van der Waals surface area contributed by atoms with Gasteiger partial charge in [0.2, 0.25) is 0 Å². The third-order valence-corrected chi connectivity index (χ3v) is 4.19. The standard InChI is InChI=1S/C15H16FN3O3S/c16-12-5-17-3-1-11(12)15(20)19-13-7-21-4-2-14(13)22-6-10-8-23-9-18-10/h1,3,5,8-9,13-14H,2,4,6-7H2,(H,19,20)/t13-,14+/m1/s1. The van der Waals surface area contributed by atoms with Gasteiger partial charge >= 0.3 is 0 Å². The number of aromatic nitrogens is 2. The lowest BCUT2D eigenvalue weighted by Gasteiger charge is -2.32. The van der Waals surface area contributed by atoms with Crippen molar-refractivity contribution in [2.24, 2.45) is 0 Å². The zero-order valence-electron chi connectivity index (χ0n) is 12.3. The maximum absolute atomic E-state index is 13.6. The lowest BCUT2D eigenvalue weighted by molar-refractivity contribution is -0.0612. The van der Waals surface area contributed by atoms with Gasteiger partial charge in [0.15, 0.2) is 5.82 Å². The van der Waals surface area contributed by atoms with E-state index in [1.165, 1.54) is 23.6 Å². The van der Waals surface area contributed by atoms with Crippen molar-refractivity contribution in [3.8, 4) is 0 Å². The van der Waals surface area contributed by atoms with Crippen molar-refractivity contribution in [3.05, 3.63) is 46.4 Å². The first-order valence-corrected chi connectivity index (χ1v) is 8.15. The van der Waals surface area contributed by atoms with Crippen LogP contribution in [0.5, 0.6) is 0 Å². The van der Waals surface area contributed by atoms with Gasteiger partial charge in [-0.1, -0.05) is 0 Å². The number of carbonyl (C=O) groups is 1. The van der Waals surface area contributed by atoms with Crippen LogP contribution in [-0.4, -0.2) is 41.2 Å². The molecule has 1 aliphatic heterocycles. The molecule has 0 radical (unpaired) electrons. The van der Waals surface area contributed by atoms with Gasteiger partial charge in [-0.3, -0.25) is 9.78 Å². The molecule has 1 N–H and O–H groups in total. The molecule has 2 aromatic heterocycles. The molecule has 0 spiro atoms. The van der Waals surface area contributed by atoms with Crippen LogP contribution in [-0.2, 0) is 16.1 Å². The second kappa shape index (κ2) is 7.58. The van der Waals surface area contributed by atoms with E-state index in [4.69, 9.17) is 9.47 Å². The molecule has 2 atom stereocenters. The molecule has 0 saturated carbocycles. The molecule has 1 saturated heterocycles. The second-order valence-electron chi connectivity index (χ2n) is 5.13. The molecule has 1 fully saturated rings. The first-order valence-electron chi connectivity index (χ1n) is 7.21. The number of thiazole rings is 1. The Labute approximate surface area is 136 Å². The minimum Gasteiger partial charge on any atom is -0.379 e. The van der Waals surface area contributed by atoms with Crippen LogP contribution in [0.4, 0.5) is 4.39 Å². The van der Waals surface area contributed by atoms with E-state index in [2.05, 4.69) is 15.3 Å². The van der Waals surface area contributed by atoms with Crippen molar-refractivity contribution in [1.29, 1.82) is 0 Å². The monoisotopic (exact) mass is 337 g/mol. The maximum Gasteiger partial charge on any atom is 0.254 e. The SMILES string of the molecule is O=C(N[C@@H]1COCC[C@@H]1OCc1cscn1)c1ccncc1F. The number of pyridine rings is 1. The summed E-state index contributed by atoms with van der Waals surface area (Å²) >= 11 is 1.50. The average molecular weight is 337 g/mol. The molecule has 6 nitrogen and oxygen atoms in total. The molecule has 0 aliphatic carbocycles. The highest BCUT2D eigenvalue weighted by Gasteiger charge is 2.29. The number of rotatable bonds is 5. The lowest BCUT2D eigenvalue weighted by Crippen LogP contribution is -2.50. The minimum absolute atomic E-state index is 0.0381. The minimum atomic E-state index is -0.651. The Balaban J connectivity index is 1.62. The highest BCUT2D eigenvalue weighted by Crippen LogP contribution is 2.16. The first-order chi connectivity index (χ1) is 11.2. The number of nitrogens with zero attached hydrogens (tertiary/aromatic N) is 2. The van der Waals surface area contributed by atoms with E-state index in [0.717, 1.165) is 11.9 Å². The summed E-state index contributed by atoms with van der Waals surface area (Å²) in [4.78, 5) is 20.0. The number of halogens is 1. The van der Waals surface area contributed by atoms with Gasteiger partial charge in [0.25, 0.3) is 5.91 Å². The van der Waals surface area contributed by atoms with Crippen molar-refractivity contribution in [1.82, 2.24) is 15.3 Å². The lowest BCUT2D eigenvalue weighted by atomic mass is 10.1. The van der Waals surface area contributed by atoms with Crippen LogP contribution < -0.4 is 5.32 Å². The Morgan fingerprint density at radius 2 is 2.48 bits per heavy atom. The van der Waals surface area contributed by atoms with Gasteiger partial charge in [0.1, 0.15) is 0 Å². The van der Waals surface area contributed by atoms with E-state index in [-0.39, 0.29) is 17.7 Å². The topological polar surface area (TPSA) is 73.3 Å². The zero-order valence-corrected chi connectivity index (χ0v) is 13.1. The summed E-state index contributed by atoms with van der Waals surface area (Å²) in [7, 11) is 0. The molecule has 1 aliphatic rings. The molecule has 0 unspecified atom stereocenters. The Morgan fingerprint density at radius 3 is 3.26 bits per heavy atom. The van der Waals surface area contributed by atoms with Gasteiger partial charge in [-0.25, -0.2) is 9.37 Å². The fraction of sp³-hybridized carbons (Fsp3) is 0.400. The van der Waals surface area contributed by atoms with Gasteiger partial charge < -0.3 is 14.8 Å². The van der Waals surface area contributed by atoms with E-state index in [0.29, 0.717) is 26.2 Å². The Bertz CT molecular complexity index is 653.